The maximum absolute atomic E-state index is 14.6. The average Bonchev–Trinajstić information content (AvgIpc) is 3.70. The number of rotatable bonds is 8. The van der Waals surface area contributed by atoms with Crippen molar-refractivity contribution in [3.8, 4) is 11.5 Å². The number of fused-ring (bicyclic) bond motifs is 4. The van der Waals surface area contributed by atoms with Crippen LogP contribution in [0.2, 0.25) is 0 Å². The third-order valence-electron chi connectivity index (χ3n) is 9.40. The van der Waals surface area contributed by atoms with Gasteiger partial charge in [0.25, 0.3) is 11.8 Å². The van der Waals surface area contributed by atoms with Crippen molar-refractivity contribution >= 4 is 70.6 Å². The molecule has 2 N–H and O–H groups in total. The zero-order chi connectivity index (χ0) is 32.4. The lowest BCUT2D eigenvalue weighted by Gasteiger charge is -2.36. The number of carbonyl (C=O) groups is 2. The lowest BCUT2D eigenvalue weighted by molar-refractivity contribution is 0.0289. The molecule has 0 heterocycles. The number of hydrogen-bond acceptors (Lipinski definition) is 5. The van der Waals surface area contributed by atoms with Gasteiger partial charge in [0.2, 0.25) is 20.5 Å². The molecule has 0 aromatic heterocycles. The second kappa shape index (κ2) is 11.6. The fraction of sp³-hybridized carbons (Fsp3) is 0.467. The lowest BCUT2D eigenvalue weighted by atomic mass is 9.86. The molecular weight excluding hydrogens is 682 g/mol. The third kappa shape index (κ3) is 5.57. The van der Waals surface area contributed by atoms with Gasteiger partial charge in [0.05, 0.1) is 0 Å². The van der Waals surface area contributed by atoms with Crippen molar-refractivity contribution < 1.29 is 31.9 Å². The van der Waals surface area contributed by atoms with Gasteiger partial charge >= 0.3 is 0 Å². The first kappa shape index (κ1) is 32.3. The summed E-state index contributed by atoms with van der Waals surface area (Å²) in [6.07, 6.45) is 3.71. The number of amides is 2. The van der Waals surface area contributed by atoms with Crippen molar-refractivity contribution in [1.82, 2.24) is 10.9 Å². The second-order valence-electron chi connectivity index (χ2n) is 12.0. The average molecular weight is 708 g/mol. The molecule has 4 fully saturated rings. The molecular formula is C30H26Cl4F4N4O3. The Labute approximate surface area is 275 Å². The molecule has 2 aromatic carbocycles. The summed E-state index contributed by atoms with van der Waals surface area (Å²) in [6.45, 7) is 0. The van der Waals surface area contributed by atoms with Gasteiger partial charge in [-0.05, 0) is 74.2 Å². The number of carbonyl (C=O) groups excluding carboxylic acids is 2. The number of hydrogen-bond donors (Lipinski definition) is 2. The Morgan fingerprint density at radius 1 is 0.644 bits per heavy atom. The monoisotopic (exact) mass is 706 g/mol. The van der Waals surface area contributed by atoms with E-state index in [1.807, 2.05) is 0 Å². The number of ether oxygens (including phenoxy) is 1. The van der Waals surface area contributed by atoms with E-state index in [0.29, 0.717) is 11.5 Å². The Morgan fingerprint density at radius 2 is 1.00 bits per heavy atom. The fourth-order valence-corrected chi connectivity index (χ4v) is 8.38. The summed E-state index contributed by atoms with van der Waals surface area (Å²) in [6, 6.07) is 12.3. The van der Waals surface area contributed by atoms with Gasteiger partial charge in [-0.2, -0.15) is 10.2 Å². The van der Waals surface area contributed by atoms with E-state index < -0.39 is 67.8 Å². The number of benzene rings is 2. The van der Waals surface area contributed by atoms with E-state index in [0.717, 1.165) is 0 Å². The maximum atomic E-state index is 14.6. The van der Waals surface area contributed by atoms with Crippen LogP contribution < -0.4 is 15.6 Å². The van der Waals surface area contributed by atoms with E-state index in [4.69, 9.17) is 51.1 Å². The van der Waals surface area contributed by atoms with E-state index in [9.17, 15) is 27.2 Å². The minimum Gasteiger partial charge on any atom is -0.457 e. The fourth-order valence-electron chi connectivity index (χ4n) is 6.93. The summed E-state index contributed by atoms with van der Waals surface area (Å²) in [5.41, 5.74) is 5.30. The molecule has 0 unspecified atom stereocenters. The summed E-state index contributed by atoms with van der Waals surface area (Å²) in [5.74, 6) is -4.24. The minimum absolute atomic E-state index is 0.204. The normalized spacial score (nSPS) is 40.0. The van der Waals surface area contributed by atoms with Crippen LogP contribution >= 0.6 is 46.4 Å². The maximum Gasteiger partial charge on any atom is 0.271 e. The van der Waals surface area contributed by atoms with Gasteiger partial charge in [-0.15, -0.1) is 0 Å². The highest BCUT2D eigenvalue weighted by Crippen LogP contribution is 2.67. The van der Waals surface area contributed by atoms with Crippen molar-refractivity contribution in [2.45, 2.75) is 46.2 Å². The topological polar surface area (TPSA) is 92.1 Å². The summed E-state index contributed by atoms with van der Waals surface area (Å²) in [5, 5.41) is -2.81. The summed E-state index contributed by atoms with van der Waals surface area (Å²) < 4.78 is 63.8. The second-order valence-corrected chi connectivity index (χ2v) is 14.2. The van der Waals surface area contributed by atoms with Crippen LogP contribution in [0.25, 0.3) is 0 Å². The van der Waals surface area contributed by atoms with Gasteiger partial charge in [0.15, 0.2) is 0 Å². The Balaban J connectivity index is 0.967. The predicted octanol–water partition coefficient (Wildman–Crippen LogP) is 7.84. The van der Waals surface area contributed by atoms with Crippen molar-refractivity contribution in [2.24, 2.45) is 45.7 Å². The van der Waals surface area contributed by atoms with Crippen LogP contribution in [0.4, 0.5) is 17.6 Å². The lowest BCUT2D eigenvalue weighted by Crippen LogP contribution is -2.47. The van der Waals surface area contributed by atoms with Crippen molar-refractivity contribution in [3.63, 3.8) is 0 Å². The van der Waals surface area contributed by atoms with Gasteiger partial charge in [0.1, 0.15) is 11.5 Å². The summed E-state index contributed by atoms with van der Waals surface area (Å²) in [7, 11) is 0. The summed E-state index contributed by atoms with van der Waals surface area (Å²) >= 11 is 22.9. The van der Waals surface area contributed by atoms with Crippen LogP contribution in [-0.2, 0) is 0 Å². The first-order valence-electron chi connectivity index (χ1n) is 14.2. The number of halogens is 8. The van der Waals surface area contributed by atoms with E-state index in [-0.39, 0.29) is 36.8 Å². The molecule has 0 aliphatic heterocycles. The van der Waals surface area contributed by atoms with Crippen molar-refractivity contribution in [1.29, 1.82) is 0 Å². The molecule has 0 spiro atoms. The highest BCUT2D eigenvalue weighted by molar-refractivity contribution is 6.34. The molecule has 6 rings (SSSR count). The highest BCUT2D eigenvalue weighted by Gasteiger charge is 2.72. The third-order valence-corrected chi connectivity index (χ3v) is 11.9. The Morgan fingerprint density at radius 3 is 1.31 bits per heavy atom. The van der Waals surface area contributed by atoms with Gasteiger partial charge in [-0.25, -0.2) is 28.4 Å². The molecule has 15 heteroatoms. The van der Waals surface area contributed by atoms with Crippen LogP contribution in [0.15, 0.2) is 58.7 Å². The van der Waals surface area contributed by atoms with Crippen LogP contribution in [-0.4, -0.2) is 44.8 Å². The molecule has 0 saturated heterocycles. The van der Waals surface area contributed by atoms with Crippen LogP contribution in [0.3, 0.4) is 0 Å². The molecule has 10 atom stereocenters. The zero-order valence-electron chi connectivity index (χ0n) is 23.2. The number of nitrogens with zero attached hydrogens (tertiary/aromatic N) is 2. The minimum atomic E-state index is -2.69. The van der Waals surface area contributed by atoms with Gasteiger partial charge in [-0.3, -0.25) is 9.59 Å². The smallest absolute Gasteiger partial charge is 0.271 e. The van der Waals surface area contributed by atoms with Crippen LogP contribution in [0.1, 0.15) is 46.4 Å². The Kier molecular flexibility index (Phi) is 8.32. The van der Waals surface area contributed by atoms with E-state index >= 15 is 0 Å². The number of alkyl halides is 8. The van der Waals surface area contributed by atoms with Gasteiger partial charge < -0.3 is 4.74 Å². The molecule has 240 valence electrons. The van der Waals surface area contributed by atoms with Crippen molar-refractivity contribution in [3.05, 3.63) is 59.7 Å². The first-order chi connectivity index (χ1) is 21.1. The number of hydrazone groups is 2. The molecule has 0 radical (unpaired) electrons. The van der Waals surface area contributed by atoms with Crippen molar-refractivity contribution in [2.75, 3.05) is 0 Å². The predicted molar refractivity (Wildman–Crippen MR) is 163 cm³/mol. The van der Waals surface area contributed by atoms with E-state index in [1.165, 1.54) is 36.7 Å². The molecule has 4 bridgehead atoms. The molecule has 2 aromatic rings. The largest absolute Gasteiger partial charge is 0.457 e. The number of nitrogens with one attached hydrogen (secondary N) is 2. The van der Waals surface area contributed by atoms with E-state index in [1.54, 1.807) is 24.3 Å². The molecule has 7 nitrogen and oxygen atoms in total. The Hall–Kier alpha value is -2.60. The van der Waals surface area contributed by atoms with Gasteiger partial charge in [-0.1, -0.05) is 46.4 Å². The standard InChI is InChI=1S/C30H26Cl4F4N4O3/c31-27(35)19-9-17(23(11-19)29(27,33)37)13-39-41-25(43)15-1-5-21(6-2-15)45-22-7-3-16(4-8-22)26(44)42-40-14-18-10-20-12-24(18)30(34,38)28(20,32)36/h1-8,13-14,17-20,23-24H,9-12H2,(H,41,43)(H,42,44)/t17-,18-,19-,20-,23+,24+,27-,28-,29+,30+/m0/s1. The quantitative estimate of drug-likeness (QED) is 0.127. The molecule has 4 saturated carbocycles. The summed E-state index contributed by atoms with van der Waals surface area (Å²) in [4.78, 5) is 25.0. The van der Waals surface area contributed by atoms with Crippen LogP contribution in [0, 0.1) is 35.5 Å². The molecule has 4 aliphatic carbocycles. The Bertz CT molecular complexity index is 1430. The van der Waals surface area contributed by atoms with Gasteiger partial charge in [0, 0.05) is 59.1 Å². The molecule has 45 heavy (non-hydrogen) atoms. The first-order valence-corrected chi connectivity index (χ1v) is 15.7. The highest BCUT2D eigenvalue weighted by atomic mass is 35.5. The molecule has 4 aliphatic rings. The van der Waals surface area contributed by atoms with Crippen LogP contribution in [0.5, 0.6) is 11.5 Å². The molecule has 2 amide bonds. The zero-order valence-corrected chi connectivity index (χ0v) is 26.2. The SMILES string of the molecule is O=C(NN=C[C@@H]1C[C@H]2C[C@H]1[C@](F)(Cl)[C@]2(F)Cl)c1ccc(Oc2ccc(C(=O)NN=C[C@@H]3C[C@H]4C[C@H]3[C@](F)(Cl)[C@]4(F)Cl)cc2)cc1. The van der Waals surface area contributed by atoms with E-state index in [2.05, 4.69) is 21.1 Å².